The smallest absolute Gasteiger partial charge is 0.125 e. The van der Waals surface area contributed by atoms with Gasteiger partial charge in [-0.05, 0) is 18.1 Å². The zero-order valence-electron chi connectivity index (χ0n) is 8.45. The molecule has 0 amide bonds. The van der Waals surface area contributed by atoms with Crippen molar-refractivity contribution in [2.75, 3.05) is 0 Å². The van der Waals surface area contributed by atoms with Crippen LogP contribution in [0.25, 0.3) is 0 Å². The van der Waals surface area contributed by atoms with E-state index in [1.165, 1.54) is 0 Å². The van der Waals surface area contributed by atoms with E-state index in [9.17, 15) is 4.79 Å². The van der Waals surface area contributed by atoms with Gasteiger partial charge in [0, 0.05) is 5.41 Å². The molecular weight excluding hydrogens is 174 g/mol. The van der Waals surface area contributed by atoms with Gasteiger partial charge in [-0.2, -0.15) is 5.26 Å². The number of rotatable bonds is 3. The van der Waals surface area contributed by atoms with E-state index in [1.807, 2.05) is 32.0 Å². The molecular formula is C12H13NO. The van der Waals surface area contributed by atoms with Gasteiger partial charge in [0.05, 0.1) is 11.6 Å². The van der Waals surface area contributed by atoms with Crippen LogP contribution in [0.3, 0.4) is 0 Å². The van der Waals surface area contributed by atoms with Gasteiger partial charge in [-0.1, -0.05) is 32.0 Å². The largest absolute Gasteiger partial charge is 0.303 e. The summed E-state index contributed by atoms with van der Waals surface area (Å²) in [5, 5.41) is 8.85. The lowest BCUT2D eigenvalue weighted by Gasteiger charge is -2.16. The Balaban J connectivity index is 2.98. The summed E-state index contributed by atoms with van der Waals surface area (Å²) in [5.74, 6) is 0. The maximum absolute atomic E-state index is 10.7. The predicted molar refractivity (Wildman–Crippen MR) is 54.7 cm³/mol. The minimum Gasteiger partial charge on any atom is -0.303 e. The summed E-state index contributed by atoms with van der Waals surface area (Å²) in [7, 11) is 0. The summed E-state index contributed by atoms with van der Waals surface area (Å²) in [5.41, 5.74) is 1.20. The van der Waals surface area contributed by atoms with Gasteiger partial charge in [0.2, 0.25) is 0 Å². The number of aldehydes is 1. The normalized spacial score (nSPS) is 10.6. The van der Waals surface area contributed by atoms with Gasteiger partial charge in [-0.3, -0.25) is 0 Å². The highest BCUT2D eigenvalue weighted by molar-refractivity contribution is 5.59. The molecule has 1 aromatic rings. The topological polar surface area (TPSA) is 40.9 Å². The second-order valence-electron chi connectivity index (χ2n) is 4.05. The Morgan fingerprint density at radius 2 is 2.07 bits per heavy atom. The van der Waals surface area contributed by atoms with E-state index >= 15 is 0 Å². The van der Waals surface area contributed by atoms with Gasteiger partial charge in [0.15, 0.2) is 0 Å². The average molecular weight is 187 g/mol. The first kappa shape index (κ1) is 10.5. The number of hydrogen-bond acceptors (Lipinski definition) is 2. The minimum atomic E-state index is -0.396. The predicted octanol–water partition coefficient (Wildman–Crippen LogP) is 2.33. The van der Waals surface area contributed by atoms with E-state index in [0.29, 0.717) is 12.0 Å². The molecule has 1 aromatic carbocycles. The van der Waals surface area contributed by atoms with E-state index in [1.54, 1.807) is 6.07 Å². The molecule has 0 aliphatic carbocycles. The van der Waals surface area contributed by atoms with Crippen LogP contribution >= 0.6 is 0 Å². The lowest BCUT2D eigenvalue weighted by molar-refractivity contribution is -0.114. The second kappa shape index (κ2) is 4.06. The van der Waals surface area contributed by atoms with Crippen LogP contribution in [0.2, 0.25) is 0 Å². The van der Waals surface area contributed by atoms with Crippen molar-refractivity contribution in [1.29, 1.82) is 5.26 Å². The van der Waals surface area contributed by atoms with Gasteiger partial charge < -0.3 is 4.79 Å². The second-order valence-corrected chi connectivity index (χ2v) is 4.05. The van der Waals surface area contributed by atoms with Crippen LogP contribution in [-0.4, -0.2) is 6.29 Å². The Kier molecular flexibility index (Phi) is 3.03. The number of carbonyl (C=O) groups is 1. The summed E-state index contributed by atoms with van der Waals surface area (Å²) in [6, 6.07) is 9.51. The monoisotopic (exact) mass is 187 g/mol. The van der Waals surface area contributed by atoms with Crippen LogP contribution in [0.1, 0.15) is 25.0 Å². The van der Waals surface area contributed by atoms with E-state index in [-0.39, 0.29) is 0 Å². The molecule has 0 spiro atoms. The SMILES string of the molecule is CC(C)(C=O)Cc1ccccc1C#N. The molecule has 0 aliphatic heterocycles. The Hall–Kier alpha value is -1.62. The Labute approximate surface area is 84.2 Å². The highest BCUT2D eigenvalue weighted by Gasteiger charge is 2.18. The quantitative estimate of drug-likeness (QED) is 0.681. The maximum atomic E-state index is 10.7. The Morgan fingerprint density at radius 1 is 1.43 bits per heavy atom. The zero-order valence-corrected chi connectivity index (χ0v) is 8.45. The molecule has 0 unspecified atom stereocenters. The molecule has 0 N–H and O–H groups in total. The lowest BCUT2D eigenvalue weighted by Crippen LogP contribution is -2.17. The molecule has 0 fully saturated rings. The third-order valence-corrected chi connectivity index (χ3v) is 2.10. The van der Waals surface area contributed by atoms with Crippen LogP contribution in [0.4, 0.5) is 0 Å². The fourth-order valence-corrected chi connectivity index (χ4v) is 1.32. The first-order valence-electron chi connectivity index (χ1n) is 4.53. The van der Waals surface area contributed by atoms with Gasteiger partial charge in [0.25, 0.3) is 0 Å². The minimum absolute atomic E-state index is 0.396. The van der Waals surface area contributed by atoms with Crippen LogP contribution in [0, 0.1) is 16.7 Å². The van der Waals surface area contributed by atoms with E-state index in [4.69, 9.17) is 5.26 Å². The van der Waals surface area contributed by atoms with Crippen LogP contribution < -0.4 is 0 Å². The summed E-state index contributed by atoms with van der Waals surface area (Å²) in [6.07, 6.45) is 1.54. The maximum Gasteiger partial charge on any atom is 0.125 e. The van der Waals surface area contributed by atoms with E-state index in [2.05, 4.69) is 6.07 Å². The molecule has 0 bridgehead atoms. The molecule has 2 heteroatoms. The van der Waals surface area contributed by atoms with Gasteiger partial charge >= 0.3 is 0 Å². The van der Waals surface area contributed by atoms with E-state index in [0.717, 1.165) is 11.8 Å². The highest BCUT2D eigenvalue weighted by Crippen LogP contribution is 2.21. The van der Waals surface area contributed by atoms with Crippen molar-refractivity contribution in [1.82, 2.24) is 0 Å². The van der Waals surface area contributed by atoms with Crippen molar-refractivity contribution in [3.05, 3.63) is 35.4 Å². The molecule has 0 atom stereocenters. The highest BCUT2D eigenvalue weighted by atomic mass is 16.1. The molecule has 0 heterocycles. The van der Waals surface area contributed by atoms with Crippen molar-refractivity contribution in [2.45, 2.75) is 20.3 Å². The molecule has 2 nitrogen and oxygen atoms in total. The van der Waals surface area contributed by atoms with Crippen molar-refractivity contribution in [3.63, 3.8) is 0 Å². The molecule has 1 rings (SSSR count). The third-order valence-electron chi connectivity index (χ3n) is 2.10. The number of benzene rings is 1. The molecule has 14 heavy (non-hydrogen) atoms. The van der Waals surface area contributed by atoms with Crippen molar-refractivity contribution < 1.29 is 4.79 Å². The molecule has 0 aromatic heterocycles. The van der Waals surface area contributed by atoms with Crippen LogP contribution in [0.15, 0.2) is 24.3 Å². The number of carbonyl (C=O) groups excluding carboxylic acids is 1. The number of hydrogen-bond donors (Lipinski definition) is 0. The number of nitrogens with zero attached hydrogens (tertiary/aromatic N) is 1. The van der Waals surface area contributed by atoms with Gasteiger partial charge in [-0.15, -0.1) is 0 Å². The van der Waals surface area contributed by atoms with Crippen molar-refractivity contribution in [2.24, 2.45) is 5.41 Å². The van der Waals surface area contributed by atoms with Crippen LogP contribution in [0.5, 0.6) is 0 Å². The Morgan fingerprint density at radius 3 is 2.64 bits per heavy atom. The molecule has 0 saturated heterocycles. The molecule has 72 valence electrons. The zero-order chi connectivity index (χ0) is 10.6. The lowest BCUT2D eigenvalue weighted by atomic mass is 9.86. The third kappa shape index (κ3) is 2.43. The van der Waals surface area contributed by atoms with Gasteiger partial charge in [-0.25, -0.2) is 0 Å². The fourth-order valence-electron chi connectivity index (χ4n) is 1.32. The summed E-state index contributed by atoms with van der Waals surface area (Å²) in [4.78, 5) is 10.7. The Bertz CT molecular complexity index is 374. The summed E-state index contributed by atoms with van der Waals surface area (Å²) >= 11 is 0. The van der Waals surface area contributed by atoms with E-state index < -0.39 is 5.41 Å². The molecule has 0 radical (unpaired) electrons. The first-order chi connectivity index (χ1) is 6.59. The van der Waals surface area contributed by atoms with Gasteiger partial charge in [0.1, 0.15) is 6.29 Å². The average Bonchev–Trinajstić information content (AvgIpc) is 2.18. The fraction of sp³-hybridized carbons (Fsp3) is 0.333. The van der Waals surface area contributed by atoms with Crippen molar-refractivity contribution >= 4 is 6.29 Å². The molecule has 0 saturated carbocycles. The standard InChI is InChI=1S/C12H13NO/c1-12(2,9-14)7-10-5-3-4-6-11(10)8-13/h3-6,9H,7H2,1-2H3. The summed E-state index contributed by atoms with van der Waals surface area (Å²) < 4.78 is 0. The molecule has 0 aliphatic rings. The summed E-state index contributed by atoms with van der Waals surface area (Å²) in [6.45, 7) is 3.74. The van der Waals surface area contributed by atoms with Crippen molar-refractivity contribution in [3.8, 4) is 6.07 Å². The van der Waals surface area contributed by atoms with Crippen LogP contribution in [-0.2, 0) is 11.2 Å². The number of nitriles is 1. The first-order valence-corrected chi connectivity index (χ1v) is 4.53.